The number of aromatic nitrogens is 2. The summed E-state index contributed by atoms with van der Waals surface area (Å²) >= 11 is 1.35. The van der Waals surface area contributed by atoms with Crippen molar-refractivity contribution in [3.63, 3.8) is 0 Å². The van der Waals surface area contributed by atoms with Gasteiger partial charge in [-0.05, 0) is 56.2 Å². The lowest BCUT2D eigenvalue weighted by molar-refractivity contribution is -0.130. The number of hydrogen-bond acceptors (Lipinski definition) is 5. The van der Waals surface area contributed by atoms with E-state index in [2.05, 4.69) is 17.2 Å². The lowest BCUT2D eigenvalue weighted by atomic mass is 9.86. The molecule has 1 aromatic heterocycles. The summed E-state index contributed by atoms with van der Waals surface area (Å²) in [6.45, 7) is 3.70. The van der Waals surface area contributed by atoms with Gasteiger partial charge in [-0.2, -0.15) is 0 Å². The van der Waals surface area contributed by atoms with Crippen molar-refractivity contribution >= 4 is 23.6 Å². The summed E-state index contributed by atoms with van der Waals surface area (Å²) in [6.07, 6.45) is 6.63. The fourth-order valence-electron chi connectivity index (χ4n) is 3.57. The van der Waals surface area contributed by atoms with Gasteiger partial charge in [0.05, 0.1) is 6.20 Å². The maximum absolute atomic E-state index is 13.3. The van der Waals surface area contributed by atoms with Crippen molar-refractivity contribution in [2.24, 2.45) is 5.92 Å². The summed E-state index contributed by atoms with van der Waals surface area (Å²) in [7, 11) is 0. The van der Waals surface area contributed by atoms with Crippen LogP contribution in [0.5, 0.6) is 0 Å². The molecule has 0 saturated heterocycles. The number of ether oxygens (including phenoxy) is 1. The number of carbonyl (C=O) groups excluding carboxylic acids is 2. The molecule has 1 aliphatic rings. The van der Waals surface area contributed by atoms with E-state index in [0.717, 1.165) is 19.3 Å². The van der Waals surface area contributed by atoms with Crippen LogP contribution in [-0.2, 0) is 9.53 Å². The molecule has 29 heavy (non-hydrogen) atoms. The van der Waals surface area contributed by atoms with Crippen LogP contribution in [0.4, 0.5) is 4.39 Å². The van der Waals surface area contributed by atoms with Crippen LogP contribution in [0, 0.1) is 11.7 Å². The smallest absolute Gasteiger partial charge is 0.357 e. The molecule has 3 atom stereocenters. The standard InChI is InChI=1S/C21H26FN3O3S/c1-13-6-4-5-7-17(13)24-19(26)14(2)28-20(27)18-12-23-21(29-3)25(18)16-10-8-15(22)9-11-16/h8-14,17H,4-7H2,1-3H3,(H,24,26). The monoisotopic (exact) mass is 419 g/mol. The van der Waals surface area contributed by atoms with Gasteiger partial charge in [0.25, 0.3) is 5.91 Å². The van der Waals surface area contributed by atoms with Gasteiger partial charge >= 0.3 is 5.97 Å². The number of imidazole rings is 1. The lowest BCUT2D eigenvalue weighted by Gasteiger charge is -2.30. The summed E-state index contributed by atoms with van der Waals surface area (Å²) in [5.74, 6) is -0.901. The van der Waals surface area contributed by atoms with Gasteiger partial charge in [0.2, 0.25) is 0 Å². The van der Waals surface area contributed by atoms with Crippen molar-refractivity contribution in [3.8, 4) is 5.69 Å². The molecule has 0 spiro atoms. The number of halogens is 1. The number of rotatable bonds is 6. The number of esters is 1. The third-order valence-corrected chi connectivity index (χ3v) is 5.95. The number of amides is 1. The predicted molar refractivity (Wildman–Crippen MR) is 110 cm³/mol. The molecule has 0 bridgehead atoms. The van der Waals surface area contributed by atoms with E-state index in [1.807, 2.05) is 6.26 Å². The fourth-order valence-corrected chi connectivity index (χ4v) is 4.11. The molecule has 1 aromatic carbocycles. The Morgan fingerprint density at radius 2 is 1.97 bits per heavy atom. The van der Waals surface area contributed by atoms with Crippen LogP contribution in [-0.4, -0.2) is 39.8 Å². The van der Waals surface area contributed by atoms with Crippen LogP contribution in [0.1, 0.15) is 50.0 Å². The summed E-state index contributed by atoms with van der Waals surface area (Å²) in [5.41, 5.74) is 0.778. The molecule has 1 fully saturated rings. The zero-order valence-corrected chi connectivity index (χ0v) is 17.7. The van der Waals surface area contributed by atoms with E-state index in [0.29, 0.717) is 16.8 Å². The molecule has 2 aromatic rings. The first-order valence-electron chi connectivity index (χ1n) is 9.79. The first-order valence-corrected chi connectivity index (χ1v) is 11.0. The summed E-state index contributed by atoms with van der Waals surface area (Å²) in [4.78, 5) is 29.5. The van der Waals surface area contributed by atoms with E-state index in [9.17, 15) is 14.0 Å². The molecule has 1 saturated carbocycles. The van der Waals surface area contributed by atoms with Crippen molar-refractivity contribution in [1.29, 1.82) is 0 Å². The summed E-state index contributed by atoms with van der Waals surface area (Å²) in [6, 6.07) is 5.87. The highest BCUT2D eigenvalue weighted by molar-refractivity contribution is 7.98. The normalized spacial score (nSPS) is 20.1. The summed E-state index contributed by atoms with van der Waals surface area (Å²) in [5, 5.41) is 3.58. The Balaban J connectivity index is 1.72. The zero-order chi connectivity index (χ0) is 21.0. The molecule has 156 valence electrons. The van der Waals surface area contributed by atoms with Gasteiger partial charge in [-0.15, -0.1) is 0 Å². The minimum absolute atomic E-state index is 0.116. The number of nitrogens with one attached hydrogen (secondary N) is 1. The average molecular weight is 420 g/mol. The van der Waals surface area contributed by atoms with E-state index in [1.165, 1.54) is 36.5 Å². The highest BCUT2D eigenvalue weighted by Gasteiger charge is 2.28. The van der Waals surface area contributed by atoms with Gasteiger partial charge in [0.1, 0.15) is 5.82 Å². The van der Waals surface area contributed by atoms with E-state index >= 15 is 0 Å². The molecule has 3 unspecified atom stereocenters. The van der Waals surface area contributed by atoms with Crippen LogP contribution in [0.2, 0.25) is 0 Å². The third kappa shape index (κ3) is 4.98. The highest BCUT2D eigenvalue weighted by atomic mass is 32.2. The van der Waals surface area contributed by atoms with Gasteiger partial charge in [-0.1, -0.05) is 31.5 Å². The van der Waals surface area contributed by atoms with E-state index in [-0.39, 0.29) is 23.5 Å². The van der Waals surface area contributed by atoms with E-state index in [4.69, 9.17) is 4.74 Å². The quantitative estimate of drug-likeness (QED) is 0.566. The minimum atomic E-state index is -0.925. The second-order valence-corrected chi connectivity index (χ2v) is 8.14. The Kier molecular flexibility index (Phi) is 6.95. The molecular formula is C21H26FN3O3S. The predicted octanol–water partition coefficient (Wildman–Crippen LogP) is 3.97. The van der Waals surface area contributed by atoms with Gasteiger partial charge < -0.3 is 10.1 Å². The molecule has 6 nitrogen and oxygen atoms in total. The molecule has 0 aliphatic heterocycles. The molecule has 0 radical (unpaired) electrons. The molecule has 1 N–H and O–H groups in total. The largest absolute Gasteiger partial charge is 0.448 e. The van der Waals surface area contributed by atoms with Crippen LogP contribution in [0.15, 0.2) is 35.6 Å². The molecule has 3 rings (SSSR count). The first-order chi connectivity index (χ1) is 13.9. The van der Waals surface area contributed by atoms with Gasteiger partial charge in [0.15, 0.2) is 17.0 Å². The topological polar surface area (TPSA) is 73.2 Å². The number of nitrogens with zero attached hydrogens (tertiary/aromatic N) is 2. The SMILES string of the molecule is CSc1ncc(C(=O)OC(C)C(=O)NC2CCCCC2C)n1-c1ccc(F)cc1. The highest BCUT2D eigenvalue weighted by Crippen LogP contribution is 2.25. The van der Waals surface area contributed by atoms with Crippen molar-refractivity contribution in [2.75, 3.05) is 6.26 Å². The van der Waals surface area contributed by atoms with Crippen molar-refractivity contribution in [1.82, 2.24) is 14.9 Å². The average Bonchev–Trinajstić information content (AvgIpc) is 3.14. The number of thioether (sulfide) groups is 1. The van der Waals surface area contributed by atoms with Gasteiger partial charge in [-0.25, -0.2) is 14.2 Å². The lowest BCUT2D eigenvalue weighted by Crippen LogP contribution is -2.46. The Morgan fingerprint density at radius 3 is 2.62 bits per heavy atom. The number of hydrogen-bond donors (Lipinski definition) is 1. The Morgan fingerprint density at radius 1 is 1.28 bits per heavy atom. The van der Waals surface area contributed by atoms with Crippen LogP contribution in [0.3, 0.4) is 0 Å². The van der Waals surface area contributed by atoms with Gasteiger partial charge in [0, 0.05) is 11.7 Å². The second-order valence-electron chi connectivity index (χ2n) is 7.37. The van der Waals surface area contributed by atoms with Crippen LogP contribution >= 0.6 is 11.8 Å². The maximum atomic E-state index is 13.3. The third-order valence-electron chi connectivity index (χ3n) is 5.30. The van der Waals surface area contributed by atoms with Crippen molar-refractivity contribution in [2.45, 2.75) is 56.8 Å². The van der Waals surface area contributed by atoms with Crippen molar-refractivity contribution in [3.05, 3.63) is 42.0 Å². The zero-order valence-electron chi connectivity index (χ0n) is 16.9. The Hall–Kier alpha value is -2.35. The molecule has 1 amide bonds. The molecular weight excluding hydrogens is 393 g/mol. The second kappa shape index (κ2) is 9.43. The van der Waals surface area contributed by atoms with E-state index in [1.54, 1.807) is 23.6 Å². The maximum Gasteiger partial charge on any atom is 0.357 e. The first kappa shape index (κ1) is 21.4. The molecule has 8 heteroatoms. The van der Waals surface area contributed by atoms with Gasteiger partial charge in [-0.3, -0.25) is 9.36 Å². The number of carbonyl (C=O) groups is 2. The van der Waals surface area contributed by atoms with Crippen LogP contribution < -0.4 is 5.32 Å². The molecule has 1 heterocycles. The minimum Gasteiger partial charge on any atom is -0.448 e. The Labute approximate surface area is 174 Å². The fraction of sp³-hybridized carbons (Fsp3) is 0.476. The van der Waals surface area contributed by atoms with Crippen molar-refractivity contribution < 1.29 is 18.7 Å². The van der Waals surface area contributed by atoms with E-state index < -0.39 is 12.1 Å². The number of benzene rings is 1. The summed E-state index contributed by atoms with van der Waals surface area (Å²) < 4.78 is 20.3. The Bertz CT molecular complexity index is 869. The van der Waals surface area contributed by atoms with Crippen LogP contribution in [0.25, 0.3) is 5.69 Å². The molecule has 1 aliphatic carbocycles.